The molecule has 0 aliphatic heterocycles. The first-order chi connectivity index (χ1) is 4.34. The van der Waals surface area contributed by atoms with E-state index >= 15 is 0 Å². The van der Waals surface area contributed by atoms with Crippen molar-refractivity contribution in [1.29, 1.82) is 0 Å². The molecule has 0 aliphatic rings. The normalized spacial score (nSPS) is 12.0. The third-order valence-electron chi connectivity index (χ3n) is 1.26. The van der Waals surface area contributed by atoms with Crippen LogP contribution in [0.2, 0.25) is 0 Å². The molecule has 2 heteroatoms. The summed E-state index contributed by atoms with van der Waals surface area (Å²) in [5.74, 6) is 0.845. The topological polar surface area (TPSA) is 26.0 Å². The maximum absolute atomic E-state index is 4.87. The number of hydrogen-bond donors (Lipinski definition) is 0. The summed E-state index contributed by atoms with van der Waals surface area (Å²) in [6.45, 7) is 3.96. The van der Waals surface area contributed by atoms with Crippen molar-refractivity contribution in [2.24, 2.45) is 0 Å². The highest BCUT2D eigenvalue weighted by Crippen LogP contribution is 2.10. The van der Waals surface area contributed by atoms with Gasteiger partial charge in [0.25, 0.3) is 0 Å². The minimum Gasteiger partial charge on any atom is -0.357 e. The van der Waals surface area contributed by atoms with Crippen LogP contribution >= 0.6 is 0 Å². The van der Waals surface area contributed by atoms with Gasteiger partial charge in [0, 0.05) is 6.07 Å². The van der Waals surface area contributed by atoms with Gasteiger partial charge in [-0.05, 0) is 19.4 Å². The van der Waals surface area contributed by atoms with Gasteiger partial charge in [-0.1, -0.05) is 11.2 Å². The van der Waals surface area contributed by atoms with Gasteiger partial charge >= 0.3 is 0 Å². The Labute approximate surface area is 54.2 Å². The van der Waals surface area contributed by atoms with E-state index < -0.39 is 0 Å². The maximum atomic E-state index is 4.87. The zero-order chi connectivity index (χ0) is 6.69. The van der Waals surface area contributed by atoms with Crippen LogP contribution in [0.4, 0.5) is 0 Å². The summed E-state index contributed by atoms with van der Waals surface area (Å²) in [4.78, 5) is 0. The molecule has 0 saturated heterocycles. The second-order valence-electron chi connectivity index (χ2n) is 1.85. The van der Waals surface area contributed by atoms with Crippen molar-refractivity contribution in [2.75, 3.05) is 0 Å². The molecule has 0 amide bonds. The minimum absolute atomic E-state index is 0.845. The van der Waals surface area contributed by atoms with Crippen LogP contribution in [0.5, 0.6) is 0 Å². The number of hydrogen-bond acceptors (Lipinski definition) is 2. The van der Waals surface area contributed by atoms with Crippen LogP contribution in [0, 0.1) is 0 Å². The second-order valence-corrected chi connectivity index (χ2v) is 1.85. The molecule has 9 heavy (non-hydrogen) atoms. The third-order valence-corrected chi connectivity index (χ3v) is 1.26. The molecule has 0 atom stereocenters. The van der Waals surface area contributed by atoms with Gasteiger partial charge in [0.1, 0.15) is 0 Å². The fourth-order valence-electron chi connectivity index (χ4n) is 0.561. The van der Waals surface area contributed by atoms with Crippen molar-refractivity contribution in [2.45, 2.75) is 13.8 Å². The average molecular weight is 123 g/mol. The van der Waals surface area contributed by atoms with Crippen LogP contribution in [-0.2, 0) is 0 Å². The van der Waals surface area contributed by atoms with Crippen molar-refractivity contribution < 1.29 is 4.52 Å². The smallest absolute Gasteiger partial charge is 0.162 e. The van der Waals surface area contributed by atoms with Crippen molar-refractivity contribution >= 4 is 5.57 Å². The highest BCUT2D eigenvalue weighted by atomic mass is 16.5. The minimum atomic E-state index is 0.845. The third kappa shape index (κ3) is 1.19. The number of allylic oxidation sites excluding steroid dienone is 2. The first kappa shape index (κ1) is 6.08. The Morgan fingerprint density at radius 1 is 1.78 bits per heavy atom. The van der Waals surface area contributed by atoms with E-state index in [1.54, 1.807) is 6.20 Å². The molecule has 0 aromatic carbocycles. The van der Waals surface area contributed by atoms with Crippen LogP contribution in [-0.4, -0.2) is 5.16 Å². The Morgan fingerprint density at radius 2 is 2.56 bits per heavy atom. The van der Waals surface area contributed by atoms with Gasteiger partial charge < -0.3 is 4.52 Å². The van der Waals surface area contributed by atoms with E-state index in [9.17, 15) is 0 Å². The van der Waals surface area contributed by atoms with Gasteiger partial charge in [0.05, 0.1) is 6.20 Å². The summed E-state index contributed by atoms with van der Waals surface area (Å²) in [7, 11) is 0. The molecule has 0 bridgehead atoms. The van der Waals surface area contributed by atoms with Crippen molar-refractivity contribution in [3.05, 3.63) is 24.1 Å². The van der Waals surface area contributed by atoms with Crippen molar-refractivity contribution in [3.63, 3.8) is 0 Å². The molecule has 0 aliphatic carbocycles. The molecule has 2 nitrogen and oxygen atoms in total. The molecule has 1 rings (SSSR count). The molecular formula is C7H9NO. The predicted molar refractivity (Wildman–Crippen MR) is 35.8 cm³/mol. The summed E-state index contributed by atoms with van der Waals surface area (Å²) >= 11 is 0. The van der Waals surface area contributed by atoms with Crippen LogP contribution in [0.15, 0.2) is 22.9 Å². The summed E-state index contributed by atoms with van der Waals surface area (Å²) < 4.78 is 4.87. The van der Waals surface area contributed by atoms with Crippen LogP contribution in [0.25, 0.3) is 5.57 Å². The highest BCUT2D eigenvalue weighted by molar-refractivity contribution is 5.57. The number of rotatable bonds is 1. The van der Waals surface area contributed by atoms with Gasteiger partial charge in [-0.15, -0.1) is 0 Å². The lowest BCUT2D eigenvalue weighted by Gasteiger charge is -1.87. The maximum Gasteiger partial charge on any atom is 0.162 e. The lowest BCUT2D eigenvalue weighted by Crippen LogP contribution is -1.69. The van der Waals surface area contributed by atoms with Crippen LogP contribution < -0.4 is 0 Å². The molecular weight excluding hydrogens is 114 g/mol. The molecule has 1 heterocycles. The number of nitrogens with zero attached hydrogens (tertiary/aromatic N) is 1. The van der Waals surface area contributed by atoms with E-state index in [2.05, 4.69) is 5.16 Å². The predicted octanol–water partition coefficient (Wildman–Crippen LogP) is 2.10. The second kappa shape index (κ2) is 2.49. The highest BCUT2D eigenvalue weighted by Gasteiger charge is 1.95. The van der Waals surface area contributed by atoms with E-state index in [-0.39, 0.29) is 0 Å². The molecule has 0 radical (unpaired) electrons. The molecule has 0 spiro atoms. The Hall–Kier alpha value is -1.05. The van der Waals surface area contributed by atoms with E-state index in [0.29, 0.717) is 0 Å². The van der Waals surface area contributed by atoms with Gasteiger partial charge in [-0.25, -0.2) is 0 Å². The number of aromatic nitrogens is 1. The first-order valence-corrected chi connectivity index (χ1v) is 2.88. The summed E-state index contributed by atoms with van der Waals surface area (Å²) in [6, 6.07) is 1.84. The van der Waals surface area contributed by atoms with Gasteiger partial charge in [-0.2, -0.15) is 0 Å². The standard InChI is InChI=1S/C7H9NO/c1-3-6(2)7-4-5-8-9-7/h3-5H,1-2H3/b6-3+. The van der Waals surface area contributed by atoms with E-state index in [0.717, 1.165) is 11.3 Å². The zero-order valence-corrected chi connectivity index (χ0v) is 5.59. The molecule has 48 valence electrons. The Balaban J connectivity index is 2.90. The van der Waals surface area contributed by atoms with Gasteiger partial charge in [0.15, 0.2) is 5.76 Å². The van der Waals surface area contributed by atoms with Gasteiger partial charge in [0.2, 0.25) is 0 Å². The van der Waals surface area contributed by atoms with E-state index in [1.807, 2.05) is 26.0 Å². The SMILES string of the molecule is C/C=C(\C)c1ccno1. The molecule has 0 N–H and O–H groups in total. The fraction of sp³-hybridized carbons (Fsp3) is 0.286. The average Bonchev–Trinajstić information content (AvgIpc) is 2.37. The summed E-state index contributed by atoms with van der Waals surface area (Å²) in [5, 5.41) is 3.58. The summed E-state index contributed by atoms with van der Waals surface area (Å²) in [6.07, 6.45) is 3.63. The van der Waals surface area contributed by atoms with E-state index in [4.69, 9.17) is 4.52 Å². The van der Waals surface area contributed by atoms with Gasteiger partial charge in [-0.3, -0.25) is 0 Å². The van der Waals surface area contributed by atoms with E-state index in [1.165, 1.54) is 0 Å². The Kier molecular flexibility index (Phi) is 1.68. The molecule has 1 aromatic heterocycles. The quantitative estimate of drug-likeness (QED) is 0.571. The Morgan fingerprint density at radius 3 is 3.00 bits per heavy atom. The summed E-state index contributed by atoms with van der Waals surface area (Å²) in [5.41, 5.74) is 1.12. The molecule has 1 aromatic rings. The van der Waals surface area contributed by atoms with Crippen molar-refractivity contribution in [3.8, 4) is 0 Å². The fourth-order valence-corrected chi connectivity index (χ4v) is 0.561. The van der Waals surface area contributed by atoms with Crippen molar-refractivity contribution in [1.82, 2.24) is 5.16 Å². The molecule has 0 saturated carbocycles. The molecule has 0 fully saturated rings. The molecule has 0 unspecified atom stereocenters. The lowest BCUT2D eigenvalue weighted by molar-refractivity contribution is 0.410. The zero-order valence-electron chi connectivity index (χ0n) is 5.59. The Bertz CT molecular complexity index is 199. The van der Waals surface area contributed by atoms with Crippen LogP contribution in [0.1, 0.15) is 19.6 Å². The van der Waals surface area contributed by atoms with Crippen LogP contribution in [0.3, 0.4) is 0 Å². The lowest BCUT2D eigenvalue weighted by atomic mass is 10.2. The monoisotopic (exact) mass is 123 g/mol. The first-order valence-electron chi connectivity index (χ1n) is 2.88. The largest absolute Gasteiger partial charge is 0.357 e.